The molecule has 3 rings (SSSR count). The number of hydrogen-bond donors (Lipinski definition) is 1. The fourth-order valence-electron chi connectivity index (χ4n) is 4.07. The number of rotatable bonds is 7. The van der Waals surface area contributed by atoms with E-state index >= 15 is 0 Å². The van der Waals surface area contributed by atoms with E-state index in [0.29, 0.717) is 6.04 Å². The Labute approximate surface area is 119 Å². The number of nitrogens with one attached hydrogen (secondary N) is 1. The topological polar surface area (TPSA) is 18.5 Å². The highest BCUT2D eigenvalue weighted by atomic mass is 15.2. The summed E-state index contributed by atoms with van der Waals surface area (Å²) in [4.78, 5) is 5.06. The largest absolute Gasteiger partial charge is 0.311 e. The molecule has 3 aliphatic rings. The van der Waals surface area contributed by atoms with Crippen molar-refractivity contribution in [1.82, 2.24) is 15.1 Å². The van der Waals surface area contributed by atoms with Crippen molar-refractivity contribution in [3.63, 3.8) is 0 Å². The number of piperidine rings is 3. The monoisotopic (exact) mass is 267 g/mol. The quantitative estimate of drug-likeness (QED) is 0.761. The van der Waals surface area contributed by atoms with Crippen molar-refractivity contribution in [1.29, 1.82) is 0 Å². The first-order chi connectivity index (χ1) is 9.15. The van der Waals surface area contributed by atoms with Crippen LogP contribution in [0.1, 0.15) is 39.5 Å². The standard InChI is InChI=1S/C16H33N3/c1-5-13(6-2)16(18(3)4)11-17-15-12-19-9-7-14(15)8-10-19/h13-17H,5-12H2,1-4H3. The van der Waals surface area contributed by atoms with E-state index in [4.69, 9.17) is 0 Å². The lowest BCUT2D eigenvalue weighted by atomic mass is 9.83. The minimum atomic E-state index is 0.686. The van der Waals surface area contributed by atoms with Crippen LogP contribution in [0.2, 0.25) is 0 Å². The molecule has 3 heterocycles. The summed E-state index contributed by atoms with van der Waals surface area (Å²) in [5.41, 5.74) is 0. The van der Waals surface area contributed by atoms with Gasteiger partial charge in [-0.25, -0.2) is 0 Å². The maximum Gasteiger partial charge on any atom is 0.0242 e. The maximum absolute atomic E-state index is 3.90. The summed E-state index contributed by atoms with van der Waals surface area (Å²) >= 11 is 0. The number of hydrogen-bond acceptors (Lipinski definition) is 3. The average Bonchev–Trinajstić information content (AvgIpc) is 2.44. The summed E-state index contributed by atoms with van der Waals surface area (Å²) in [6, 6.07) is 1.43. The molecule has 112 valence electrons. The van der Waals surface area contributed by atoms with Crippen LogP contribution in [0, 0.1) is 11.8 Å². The van der Waals surface area contributed by atoms with E-state index in [2.05, 4.69) is 43.1 Å². The van der Waals surface area contributed by atoms with Gasteiger partial charge >= 0.3 is 0 Å². The molecular formula is C16H33N3. The molecule has 2 unspecified atom stereocenters. The Kier molecular flexibility index (Phi) is 5.67. The summed E-state index contributed by atoms with van der Waals surface area (Å²) in [5, 5.41) is 3.90. The molecule has 3 heteroatoms. The molecule has 0 radical (unpaired) electrons. The Balaban J connectivity index is 1.85. The Hall–Kier alpha value is -0.120. The number of nitrogens with zero attached hydrogens (tertiary/aromatic N) is 2. The summed E-state index contributed by atoms with van der Waals surface area (Å²) in [5.74, 6) is 1.76. The van der Waals surface area contributed by atoms with E-state index in [1.54, 1.807) is 0 Å². The molecular weight excluding hydrogens is 234 g/mol. The molecule has 3 aliphatic heterocycles. The summed E-state index contributed by atoms with van der Waals surface area (Å²) in [6.45, 7) is 9.79. The van der Waals surface area contributed by atoms with Gasteiger partial charge < -0.3 is 15.1 Å². The van der Waals surface area contributed by atoms with Crippen LogP contribution < -0.4 is 5.32 Å². The van der Waals surface area contributed by atoms with Gasteiger partial charge in [0, 0.05) is 25.2 Å². The van der Waals surface area contributed by atoms with Crippen LogP contribution in [0.15, 0.2) is 0 Å². The van der Waals surface area contributed by atoms with Gasteiger partial charge in [0.1, 0.15) is 0 Å². The average molecular weight is 267 g/mol. The zero-order valence-electron chi connectivity index (χ0n) is 13.4. The third-order valence-electron chi connectivity index (χ3n) is 5.50. The first kappa shape index (κ1) is 15.3. The molecule has 0 aromatic rings. The van der Waals surface area contributed by atoms with Gasteiger partial charge in [-0.15, -0.1) is 0 Å². The fourth-order valence-corrected chi connectivity index (χ4v) is 4.07. The Morgan fingerprint density at radius 2 is 1.79 bits per heavy atom. The van der Waals surface area contributed by atoms with Crippen LogP contribution in [-0.4, -0.2) is 62.2 Å². The minimum absolute atomic E-state index is 0.686. The second-order valence-electron chi connectivity index (χ2n) is 6.76. The smallest absolute Gasteiger partial charge is 0.0242 e. The SMILES string of the molecule is CCC(CC)C(CNC1CN2CCC1CC2)N(C)C. The molecule has 3 nitrogen and oxygen atoms in total. The summed E-state index contributed by atoms with van der Waals surface area (Å²) in [7, 11) is 4.47. The van der Waals surface area contributed by atoms with Gasteiger partial charge in [0.05, 0.1) is 0 Å². The third kappa shape index (κ3) is 3.71. The van der Waals surface area contributed by atoms with Gasteiger partial charge in [-0.1, -0.05) is 26.7 Å². The molecule has 2 atom stereocenters. The Morgan fingerprint density at radius 1 is 1.16 bits per heavy atom. The van der Waals surface area contributed by atoms with E-state index in [1.165, 1.54) is 45.3 Å². The lowest BCUT2D eigenvalue weighted by Gasteiger charge is -2.46. The van der Waals surface area contributed by atoms with Crippen molar-refractivity contribution < 1.29 is 0 Å². The van der Waals surface area contributed by atoms with Crippen molar-refractivity contribution in [2.45, 2.75) is 51.6 Å². The van der Waals surface area contributed by atoms with Gasteiger partial charge in [-0.05, 0) is 51.9 Å². The molecule has 0 amide bonds. The number of likely N-dealkylation sites (N-methyl/N-ethyl adjacent to an activating group) is 1. The lowest BCUT2D eigenvalue weighted by molar-refractivity contribution is 0.0660. The molecule has 3 fully saturated rings. The first-order valence-electron chi connectivity index (χ1n) is 8.27. The Bertz CT molecular complexity index is 255. The molecule has 0 aliphatic carbocycles. The number of fused-ring (bicyclic) bond motifs is 3. The van der Waals surface area contributed by atoms with Crippen molar-refractivity contribution in [2.75, 3.05) is 40.3 Å². The van der Waals surface area contributed by atoms with Crippen LogP contribution >= 0.6 is 0 Å². The second-order valence-corrected chi connectivity index (χ2v) is 6.76. The van der Waals surface area contributed by atoms with Crippen LogP contribution in [-0.2, 0) is 0 Å². The highest BCUT2D eigenvalue weighted by Gasteiger charge is 2.34. The molecule has 19 heavy (non-hydrogen) atoms. The zero-order chi connectivity index (χ0) is 13.8. The summed E-state index contributed by atoms with van der Waals surface area (Å²) < 4.78 is 0. The lowest BCUT2D eigenvalue weighted by Crippen LogP contribution is -2.58. The molecule has 1 N–H and O–H groups in total. The predicted molar refractivity (Wildman–Crippen MR) is 82.5 cm³/mol. The van der Waals surface area contributed by atoms with Crippen LogP contribution in [0.3, 0.4) is 0 Å². The normalized spacial score (nSPS) is 32.2. The van der Waals surface area contributed by atoms with Crippen LogP contribution in [0.25, 0.3) is 0 Å². The van der Waals surface area contributed by atoms with Crippen molar-refractivity contribution in [3.05, 3.63) is 0 Å². The third-order valence-corrected chi connectivity index (χ3v) is 5.50. The fraction of sp³-hybridized carbons (Fsp3) is 1.00. The zero-order valence-corrected chi connectivity index (χ0v) is 13.4. The van der Waals surface area contributed by atoms with Gasteiger partial charge in [0.25, 0.3) is 0 Å². The molecule has 0 aromatic carbocycles. The predicted octanol–water partition coefficient (Wildman–Crippen LogP) is 2.04. The minimum Gasteiger partial charge on any atom is -0.311 e. The van der Waals surface area contributed by atoms with Crippen molar-refractivity contribution in [3.8, 4) is 0 Å². The van der Waals surface area contributed by atoms with E-state index in [0.717, 1.165) is 24.4 Å². The van der Waals surface area contributed by atoms with Gasteiger partial charge in [0.15, 0.2) is 0 Å². The molecule has 0 spiro atoms. The van der Waals surface area contributed by atoms with Crippen molar-refractivity contribution in [2.24, 2.45) is 11.8 Å². The van der Waals surface area contributed by atoms with Crippen molar-refractivity contribution >= 4 is 0 Å². The van der Waals surface area contributed by atoms with E-state index in [-0.39, 0.29) is 0 Å². The molecule has 0 aromatic heterocycles. The van der Waals surface area contributed by atoms with Gasteiger partial charge in [-0.2, -0.15) is 0 Å². The molecule has 0 saturated carbocycles. The Morgan fingerprint density at radius 3 is 2.21 bits per heavy atom. The van der Waals surface area contributed by atoms with E-state index in [9.17, 15) is 0 Å². The maximum atomic E-state index is 3.90. The van der Waals surface area contributed by atoms with E-state index < -0.39 is 0 Å². The highest BCUT2D eigenvalue weighted by molar-refractivity contribution is 4.92. The van der Waals surface area contributed by atoms with Crippen LogP contribution in [0.5, 0.6) is 0 Å². The van der Waals surface area contributed by atoms with Crippen LogP contribution in [0.4, 0.5) is 0 Å². The van der Waals surface area contributed by atoms with Gasteiger partial charge in [0.2, 0.25) is 0 Å². The first-order valence-corrected chi connectivity index (χ1v) is 8.27. The molecule has 2 bridgehead atoms. The van der Waals surface area contributed by atoms with Gasteiger partial charge in [-0.3, -0.25) is 0 Å². The van der Waals surface area contributed by atoms with E-state index in [1.807, 2.05) is 0 Å². The second kappa shape index (κ2) is 7.05. The summed E-state index contributed by atoms with van der Waals surface area (Å²) in [6.07, 6.45) is 5.41. The molecule has 3 saturated heterocycles. The highest BCUT2D eigenvalue weighted by Crippen LogP contribution is 2.27.